The van der Waals surface area contributed by atoms with Gasteiger partial charge in [0.1, 0.15) is 11.6 Å². The number of aromatic nitrogens is 2. The molecule has 0 spiro atoms. The van der Waals surface area contributed by atoms with Crippen molar-refractivity contribution in [2.45, 2.75) is 40.2 Å². The van der Waals surface area contributed by atoms with E-state index in [-0.39, 0.29) is 11.2 Å². The van der Waals surface area contributed by atoms with Crippen molar-refractivity contribution in [3.8, 4) is 0 Å². The summed E-state index contributed by atoms with van der Waals surface area (Å²) >= 11 is 5.84. The molecule has 1 aromatic heterocycles. The van der Waals surface area contributed by atoms with E-state index in [0.29, 0.717) is 12.3 Å². The predicted molar refractivity (Wildman–Crippen MR) is 78.2 cm³/mol. The zero-order chi connectivity index (χ0) is 14.0. The van der Waals surface area contributed by atoms with Crippen LogP contribution < -0.4 is 0 Å². The van der Waals surface area contributed by atoms with Crippen LogP contribution in [0.15, 0.2) is 18.2 Å². The lowest BCUT2D eigenvalue weighted by Crippen LogP contribution is -2.20. The van der Waals surface area contributed by atoms with Gasteiger partial charge in [-0.15, -0.1) is 11.6 Å². The van der Waals surface area contributed by atoms with E-state index in [2.05, 4.69) is 30.3 Å². The lowest BCUT2D eigenvalue weighted by atomic mass is 9.90. The molecule has 0 fully saturated rings. The van der Waals surface area contributed by atoms with Crippen LogP contribution in [0.4, 0.5) is 4.39 Å². The van der Waals surface area contributed by atoms with Gasteiger partial charge < -0.3 is 4.57 Å². The first-order valence-corrected chi connectivity index (χ1v) is 7.21. The van der Waals surface area contributed by atoms with Gasteiger partial charge in [-0.25, -0.2) is 9.37 Å². The summed E-state index contributed by atoms with van der Waals surface area (Å²) in [5, 5.41) is 0. The summed E-state index contributed by atoms with van der Waals surface area (Å²) in [7, 11) is 0. The normalized spacial score (nSPS) is 12.3. The molecule has 0 bridgehead atoms. The van der Waals surface area contributed by atoms with Gasteiger partial charge >= 0.3 is 0 Å². The van der Waals surface area contributed by atoms with Crippen molar-refractivity contribution < 1.29 is 4.39 Å². The molecular weight excluding hydrogens is 263 g/mol. The summed E-state index contributed by atoms with van der Waals surface area (Å²) in [5.41, 5.74) is 1.86. The van der Waals surface area contributed by atoms with Crippen molar-refractivity contribution in [3.05, 3.63) is 29.8 Å². The van der Waals surface area contributed by atoms with Gasteiger partial charge in [-0.1, -0.05) is 20.8 Å². The maximum atomic E-state index is 13.5. The van der Waals surface area contributed by atoms with Gasteiger partial charge in [-0.2, -0.15) is 0 Å². The summed E-state index contributed by atoms with van der Waals surface area (Å²) in [6.07, 6.45) is 1.76. The van der Waals surface area contributed by atoms with Crippen molar-refractivity contribution in [2.75, 3.05) is 5.88 Å². The van der Waals surface area contributed by atoms with Crippen LogP contribution >= 0.6 is 11.6 Å². The fourth-order valence-corrected chi connectivity index (χ4v) is 2.31. The van der Waals surface area contributed by atoms with Crippen LogP contribution in [0.5, 0.6) is 0 Å². The number of fused-ring (bicyclic) bond motifs is 1. The zero-order valence-corrected chi connectivity index (χ0v) is 12.5. The van der Waals surface area contributed by atoms with Crippen LogP contribution in [0, 0.1) is 11.2 Å². The SMILES string of the molecule is CCC(C)(C)Cn1c(CCCl)nc2ccc(F)cc21. The third-order valence-corrected chi connectivity index (χ3v) is 3.84. The van der Waals surface area contributed by atoms with E-state index in [4.69, 9.17) is 11.6 Å². The molecule has 0 saturated carbocycles. The Morgan fingerprint density at radius 1 is 1.37 bits per heavy atom. The van der Waals surface area contributed by atoms with Gasteiger partial charge in [0.25, 0.3) is 0 Å². The van der Waals surface area contributed by atoms with Crippen LogP contribution in [0.2, 0.25) is 0 Å². The van der Waals surface area contributed by atoms with Crippen molar-refractivity contribution in [1.82, 2.24) is 9.55 Å². The summed E-state index contributed by atoms with van der Waals surface area (Å²) < 4.78 is 15.6. The molecule has 0 unspecified atom stereocenters. The smallest absolute Gasteiger partial charge is 0.125 e. The summed E-state index contributed by atoms with van der Waals surface area (Å²) in [6.45, 7) is 7.42. The van der Waals surface area contributed by atoms with E-state index in [1.165, 1.54) is 6.07 Å². The Hall–Kier alpha value is -1.09. The number of rotatable bonds is 5. The molecule has 2 rings (SSSR count). The van der Waals surface area contributed by atoms with Gasteiger partial charge in [0.05, 0.1) is 11.0 Å². The third-order valence-electron chi connectivity index (χ3n) is 3.65. The number of aryl methyl sites for hydroxylation is 1. The van der Waals surface area contributed by atoms with Crippen molar-refractivity contribution in [2.24, 2.45) is 5.41 Å². The second kappa shape index (κ2) is 5.49. The average molecular weight is 283 g/mol. The third kappa shape index (κ3) is 3.08. The molecule has 2 nitrogen and oxygen atoms in total. The van der Waals surface area contributed by atoms with Gasteiger partial charge in [-0.05, 0) is 30.0 Å². The second-order valence-corrected chi connectivity index (χ2v) is 6.08. The molecule has 1 aromatic carbocycles. The van der Waals surface area contributed by atoms with Crippen molar-refractivity contribution in [1.29, 1.82) is 0 Å². The minimum Gasteiger partial charge on any atom is -0.327 e. The standard InChI is InChI=1S/C15H20ClFN2/c1-4-15(2,3)10-19-13-9-11(17)5-6-12(13)18-14(19)7-8-16/h5-6,9H,4,7-8,10H2,1-3H3. The van der Waals surface area contributed by atoms with Gasteiger partial charge in [0.2, 0.25) is 0 Å². The van der Waals surface area contributed by atoms with Crippen LogP contribution in [-0.2, 0) is 13.0 Å². The van der Waals surface area contributed by atoms with E-state index in [0.717, 1.165) is 29.8 Å². The maximum Gasteiger partial charge on any atom is 0.125 e. The second-order valence-electron chi connectivity index (χ2n) is 5.70. The van der Waals surface area contributed by atoms with E-state index in [1.54, 1.807) is 12.1 Å². The molecule has 0 aliphatic carbocycles. The Labute approximate surface area is 118 Å². The number of halogens is 2. The van der Waals surface area contributed by atoms with Crippen molar-refractivity contribution >= 4 is 22.6 Å². The zero-order valence-electron chi connectivity index (χ0n) is 11.7. The quantitative estimate of drug-likeness (QED) is 0.744. The van der Waals surface area contributed by atoms with Gasteiger partial charge in [-0.3, -0.25) is 0 Å². The average Bonchev–Trinajstić information content (AvgIpc) is 2.68. The first-order chi connectivity index (χ1) is 8.96. The fourth-order valence-electron chi connectivity index (χ4n) is 2.14. The number of hydrogen-bond donors (Lipinski definition) is 0. The Morgan fingerprint density at radius 3 is 2.74 bits per heavy atom. The lowest BCUT2D eigenvalue weighted by Gasteiger charge is -2.24. The molecule has 104 valence electrons. The number of imidazole rings is 1. The van der Waals surface area contributed by atoms with E-state index in [1.807, 2.05) is 0 Å². The fraction of sp³-hybridized carbons (Fsp3) is 0.533. The number of hydrogen-bond acceptors (Lipinski definition) is 1. The van der Waals surface area contributed by atoms with Crippen LogP contribution in [0.3, 0.4) is 0 Å². The molecule has 0 aliphatic rings. The molecule has 0 aliphatic heterocycles. The predicted octanol–water partition coefficient (Wildman–Crippen LogP) is 4.39. The Balaban J connectivity index is 2.53. The van der Waals surface area contributed by atoms with Crippen molar-refractivity contribution in [3.63, 3.8) is 0 Å². The summed E-state index contributed by atoms with van der Waals surface area (Å²) in [5.74, 6) is 1.25. The largest absolute Gasteiger partial charge is 0.327 e. The molecule has 19 heavy (non-hydrogen) atoms. The molecular formula is C15H20ClFN2. The molecule has 0 amide bonds. The highest BCUT2D eigenvalue weighted by atomic mass is 35.5. The van der Waals surface area contributed by atoms with E-state index < -0.39 is 0 Å². The molecule has 0 radical (unpaired) electrons. The Kier molecular flexibility index (Phi) is 4.14. The Morgan fingerprint density at radius 2 is 2.11 bits per heavy atom. The highest BCUT2D eigenvalue weighted by Crippen LogP contribution is 2.27. The molecule has 2 aromatic rings. The van der Waals surface area contributed by atoms with E-state index >= 15 is 0 Å². The first kappa shape index (κ1) is 14.3. The minimum atomic E-state index is -0.222. The molecule has 0 atom stereocenters. The lowest BCUT2D eigenvalue weighted by molar-refractivity contribution is 0.294. The van der Waals surface area contributed by atoms with Gasteiger partial charge in [0, 0.05) is 18.8 Å². The number of nitrogens with zero attached hydrogens (tertiary/aromatic N) is 2. The highest BCUT2D eigenvalue weighted by Gasteiger charge is 2.20. The summed E-state index contributed by atoms with van der Waals surface area (Å²) in [6, 6.07) is 4.75. The summed E-state index contributed by atoms with van der Waals surface area (Å²) in [4.78, 5) is 4.57. The molecule has 0 saturated heterocycles. The molecule has 1 heterocycles. The molecule has 0 N–H and O–H groups in total. The first-order valence-electron chi connectivity index (χ1n) is 6.67. The minimum absolute atomic E-state index is 0.154. The molecule has 4 heteroatoms. The van der Waals surface area contributed by atoms with Crippen LogP contribution in [-0.4, -0.2) is 15.4 Å². The van der Waals surface area contributed by atoms with E-state index in [9.17, 15) is 4.39 Å². The number of benzene rings is 1. The topological polar surface area (TPSA) is 17.8 Å². The monoisotopic (exact) mass is 282 g/mol. The van der Waals surface area contributed by atoms with Crippen LogP contribution in [0.25, 0.3) is 11.0 Å². The number of alkyl halides is 1. The van der Waals surface area contributed by atoms with Crippen LogP contribution in [0.1, 0.15) is 33.0 Å². The highest BCUT2D eigenvalue weighted by molar-refractivity contribution is 6.17. The maximum absolute atomic E-state index is 13.5. The Bertz CT molecular complexity index is 575. The van der Waals surface area contributed by atoms with Gasteiger partial charge in [0.15, 0.2) is 0 Å².